The molecular formula is C19H22N6O3S4. The van der Waals surface area contributed by atoms with Crippen LogP contribution in [0.25, 0.3) is 10.2 Å². The molecule has 3 amide bonds. The number of nitrogens with zero attached hydrogens (tertiary/aromatic N) is 3. The van der Waals surface area contributed by atoms with Crippen LogP contribution in [-0.4, -0.2) is 51.0 Å². The van der Waals surface area contributed by atoms with Crippen molar-refractivity contribution in [2.75, 3.05) is 28.7 Å². The smallest absolute Gasteiger partial charge is 0.234 e. The van der Waals surface area contributed by atoms with Gasteiger partial charge in [-0.1, -0.05) is 48.2 Å². The van der Waals surface area contributed by atoms with Crippen LogP contribution in [0.2, 0.25) is 0 Å². The van der Waals surface area contributed by atoms with E-state index in [0.717, 1.165) is 27.4 Å². The number of amides is 3. The third-order valence-corrected chi connectivity index (χ3v) is 7.98. The Morgan fingerprint density at radius 2 is 1.78 bits per heavy atom. The van der Waals surface area contributed by atoms with Gasteiger partial charge >= 0.3 is 0 Å². The van der Waals surface area contributed by atoms with Crippen LogP contribution in [0.15, 0.2) is 26.9 Å². The molecule has 2 aromatic heterocycles. The highest BCUT2D eigenvalue weighted by Crippen LogP contribution is 2.31. The second kappa shape index (κ2) is 12.1. The quantitative estimate of drug-likeness (QED) is 0.202. The first-order valence-corrected chi connectivity index (χ1v) is 13.4. The molecule has 0 aliphatic rings. The normalized spacial score (nSPS) is 10.8. The van der Waals surface area contributed by atoms with Gasteiger partial charge in [0, 0.05) is 19.2 Å². The molecule has 3 rings (SSSR count). The number of carbonyl (C=O) groups is 3. The molecule has 13 heteroatoms. The highest BCUT2D eigenvalue weighted by atomic mass is 32.2. The molecule has 0 atom stereocenters. The summed E-state index contributed by atoms with van der Waals surface area (Å²) in [5, 5.41) is 16.5. The van der Waals surface area contributed by atoms with Gasteiger partial charge in [0.1, 0.15) is 0 Å². The molecule has 0 spiro atoms. The number of fused-ring (bicyclic) bond motifs is 1. The molecule has 9 nitrogen and oxygen atoms in total. The average Bonchev–Trinajstić information content (AvgIpc) is 3.36. The average molecular weight is 511 g/mol. The summed E-state index contributed by atoms with van der Waals surface area (Å²) >= 11 is 5.37. The Morgan fingerprint density at radius 1 is 1.00 bits per heavy atom. The fourth-order valence-electron chi connectivity index (χ4n) is 2.42. The lowest BCUT2D eigenvalue weighted by atomic mass is 10.3. The standard InChI is InChI=1S/C19H22N6O3S4/c1-3-4-7-20-15(27)9-29-18-23-13-6-5-12(8-14(13)31-18)22-16(28)10-30-19-25-24-17(32-19)21-11(2)26/h5-6,8H,3-4,7,9-10H2,1-2H3,(H,20,27)(H,22,28)(H,21,24,26). The number of nitrogens with one attached hydrogen (secondary N) is 3. The molecule has 0 saturated carbocycles. The second-order valence-electron chi connectivity index (χ2n) is 6.55. The zero-order valence-corrected chi connectivity index (χ0v) is 20.7. The van der Waals surface area contributed by atoms with Crippen molar-refractivity contribution in [1.29, 1.82) is 0 Å². The van der Waals surface area contributed by atoms with E-state index < -0.39 is 0 Å². The van der Waals surface area contributed by atoms with Crippen LogP contribution in [-0.2, 0) is 14.4 Å². The minimum absolute atomic E-state index is 0.00721. The van der Waals surface area contributed by atoms with E-state index >= 15 is 0 Å². The lowest BCUT2D eigenvalue weighted by molar-refractivity contribution is -0.118. The van der Waals surface area contributed by atoms with Gasteiger partial charge in [0.05, 0.1) is 21.7 Å². The molecule has 3 aromatic rings. The number of benzene rings is 1. The monoisotopic (exact) mass is 510 g/mol. The summed E-state index contributed by atoms with van der Waals surface area (Å²) in [7, 11) is 0. The fraction of sp³-hybridized carbons (Fsp3) is 0.368. The number of carbonyl (C=O) groups excluding carboxylic acids is 3. The van der Waals surface area contributed by atoms with Gasteiger partial charge in [0.15, 0.2) is 8.68 Å². The Kier molecular flexibility index (Phi) is 9.26. The van der Waals surface area contributed by atoms with Crippen LogP contribution in [0, 0.1) is 0 Å². The summed E-state index contributed by atoms with van der Waals surface area (Å²) in [6.07, 6.45) is 2.02. The predicted octanol–water partition coefficient (Wildman–Crippen LogP) is 3.85. The van der Waals surface area contributed by atoms with Crippen molar-refractivity contribution < 1.29 is 14.4 Å². The molecule has 0 aliphatic heterocycles. The molecule has 0 unspecified atom stereocenters. The predicted molar refractivity (Wildman–Crippen MR) is 132 cm³/mol. The van der Waals surface area contributed by atoms with Gasteiger partial charge in [-0.3, -0.25) is 14.4 Å². The summed E-state index contributed by atoms with van der Waals surface area (Å²) in [4.78, 5) is 39.7. The van der Waals surface area contributed by atoms with Gasteiger partial charge in [0.2, 0.25) is 22.9 Å². The largest absolute Gasteiger partial charge is 0.355 e. The Bertz CT molecular complexity index is 1100. The Balaban J connectivity index is 1.49. The SMILES string of the molecule is CCCCNC(=O)CSc1nc2ccc(NC(=O)CSc3nnc(NC(C)=O)s3)cc2s1. The minimum atomic E-state index is -0.217. The number of thiazole rings is 1. The third-order valence-electron chi connectivity index (χ3n) is 3.85. The summed E-state index contributed by atoms with van der Waals surface area (Å²) in [5.41, 5.74) is 1.51. The van der Waals surface area contributed by atoms with Gasteiger partial charge in [-0.25, -0.2) is 4.98 Å². The molecular weight excluding hydrogens is 489 g/mol. The van der Waals surface area contributed by atoms with Gasteiger partial charge in [-0.15, -0.1) is 21.5 Å². The first-order chi connectivity index (χ1) is 15.4. The maximum absolute atomic E-state index is 12.3. The number of hydrogen-bond acceptors (Lipinski definition) is 10. The van der Waals surface area contributed by atoms with Crippen LogP contribution in [0.1, 0.15) is 26.7 Å². The molecule has 3 N–H and O–H groups in total. The topological polar surface area (TPSA) is 126 Å². The third kappa shape index (κ3) is 7.73. The zero-order valence-electron chi connectivity index (χ0n) is 17.5. The van der Waals surface area contributed by atoms with Crippen LogP contribution in [0.3, 0.4) is 0 Å². The van der Waals surface area contributed by atoms with Crippen molar-refractivity contribution in [1.82, 2.24) is 20.5 Å². The molecule has 0 radical (unpaired) electrons. The molecule has 0 fully saturated rings. The maximum atomic E-state index is 12.3. The Morgan fingerprint density at radius 3 is 2.56 bits per heavy atom. The lowest BCUT2D eigenvalue weighted by Gasteiger charge is -2.03. The van der Waals surface area contributed by atoms with Gasteiger partial charge in [-0.2, -0.15) is 0 Å². The van der Waals surface area contributed by atoms with Gasteiger partial charge in [0.25, 0.3) is 0 Å². The molecule has 0 aliphatic carbocycles. The molecule has 0 saturated heterocycles. The zero-order chi connectivity index (χ0) is 22.9. The first kappa shape index (κ1) is 24.4. The molecule has 2 heterocycles. The van der Waals surface area contributed by atoms with E-state index in [-0.39, 0.29) is 23.5 Å². The minimum Gasteiger partial charge on any atom is -0.355 e. The first-order valence-electron chi connectivity index (χ1n) is 9.76. The second-order valence-corrected chi connectivity index (χ2v) is 11.0. The van der Waals surface area contributed by atoms with Crippen molar-refractivity contribution >= 4 is 85.0 Å². The molecule has 32 heavy (non-hydrogen) atoms. The van der Waals surface area contributed by atoms with E-state index in [0.29, 0.717) is 27.5 Å². The Labute approximate surface area is 201 Å². The van der Waals surface area contributed by atoms with Crippen LogP contribution in [0.4, 0.5) is 10.8 Å². The van der Waals surface area contributed by atoms with Crippen molar-refractivity contribution in [3.05, 3.63) is 18.2 Å². The van der Waals surface area contributed by atoms with Crippen LogP contribution < -0.4 is 16.0 Å². The van der Waals surface area contributed by atoms with E-state index in [1.807, 2.05) is 12.1 Å². The number of anilines is 2. The number of thioether (sulfide) groups is 2. The Hall–Kier alpha value is -2.22. The van der Waals surface area contributed by atoms with E-state index in [1.54, 1.807) is 6.07 Å². The van der Waals surface area contributed by atoms with E-state index in [9.17, 15) is 14.4 Å². The lowest BCUT2D eigenvalue weighted by Crippen LogP contribution is -2.25. The molecule has 1 aromatic carbocycles. The van der Waals surface area contributed by atoms with Crippen LogP contribution in [0.5, 0.6) is 0 Å². The number of hydrogen-bond donors (Lipinski definition) is 3. The van der Waals surface area contributed by atoms with E-state index in [1.165, 1.54) is 53.1 Å². The fourth-order valence-corrected chi connectivity index (χ4v) is 5.96. The van der Waals surface area contributed by atoms with Crippen molar-refractivity contribution in [3.63, 3.8) is 0 Å². The van der Waals surface area contributed by atoms with Crippen molar-refractivity contribution in [2.24, 2.45) is 0 Å². The summed E-state index contributed by atoms with van der Waals surface area (Å²) in [6, 6.07) is 5.53. The molecule has 170 valence electrons. The van der Waals surface area contributed by atoms with Gasteiger partial charge in [-0.05, 0) is 24.6 Å². The number of unbranched alkanes of at least 4 members (excludes halogenated alkanes) is 1. The van der Waals surface area contributed by atoms with Crippen LogP contribution >= 0.6 is 46.2 Å². The highest BCUT2D eigenvalue weighted by Gasteiger charge is 2.11. The number of aromatic nitrogens is 3. The summed E-state index contributed by atoms with van der Waals surface area (Å²) in [6.45, 7) is 4.18. The molecule has 0 bridgehead atoms. The summed E-state index contributed by atoms with van der Waals surface area (Å²) in [5.74, 6) is 0.121. The van der Waals surface area contributed by atoms with Crippen molar-refractivity contribution in [2.45, 2.75) is 35.4 Å². The van der Waals surface area contributed by atoms with Gasteiger partial charge < -0.3 is 16.0 Å². The summed E-state index contributed by atoms with van der Waals surface area (Å²) < 4.78 is 2.35. The van der Waals surface area contributed by atoms with Crippen molar-refractivity contribution in [3.8, 4) is 0 Å². The maximum Gasteiger partial charge on any atom is 0.234 e. The van der Waals surface area contributed by atoms with E-state index in [2.05, 4.69) is 38.1 Å². The highest BCUT2D eigenvalue weighted by molar-refractivity contribution is 8.02. The van der Waals surface area contributed by atoms with E-state index in [4.69, 9.17) is 0 Å². The number of rotatable bonds is 11.